The third kappa shape index (κ3) is 2.55. The van der Waals surface area contributed by atoms with Crippen molar-refractivity contribution in [3.8, 4) is 11.5 Å². The summed E-state index contributed by atoms with van der Waals surface area (Å²) in [7, 11) is 0. The molecule has 0 aliphatic rings. The van der Waals surface area contributed by atoms with E-state index in [1.54, 1.807) is 13.8 Å². The average molecular weight is 246 g/mol. The minimum absolute atomic E-state index is 0.0557. The van der Waals surface area contributed by atoms with Crippen molar-refractivity contribution in [2.75, 3.05) is 13.2 Å². The Morgan fingerprint density at radius 3 is 2.44 bits per heavy atom. The molecule has 1 aromatic carbocycles. The van der Waals surface area contributed by atoms with Crippen molar-refractivity contribution in [3.05, 3.63) is 27.3 Å². The van der Waals surface area contributed by atoms with Crippen LogP contribution in [-0.2, 0) is 0 Å². The molecule has 0 saturated heterocycles. The normalized spacial score (nSPS) is 9.94. The maximum absolute atomic E-state index is 10.7. The Morgan fingerprint density at radius 2 is 1.94 bits per heavy atom. The van der Waals surface area contributed by atoms with Crippen LogP contribution in [0.15, 0.2) is 12.1 Å². The van der Waals surface area contributed by atoms with Crippen molar-refractivity contribution >= 4 is 17.3 Å². The van der Waals surface area contributed by atoms with Gasteiger partial charge in [-0.15, -0.1) is 0 Å². The van der Waals surface area contributed by atoms with E-state index >= 15 is 0 Å². The molecular weight excluding hydrogens is 234 g/mol. The molecule has 5 nitrogen and oxygen atoms in total. The first-order chi connectivity index (χ1) is 7.61. The van der Waals surface area contributed by atoms with E-state index in [4.69, 9.17) is 21.1 Å². The van der Waals surface area contributed by atoms with Gasteiger partial charge in [0.1, 0.15) is 10.8 Å². The lowest BCUT2D eigenvalue weighted by molar-refractivity contribution is -0.385. The summed E-state index contributed by atoms with van der Waals surface area (Å²) in [6.07, 6.45) is 0. The largest absolute Gasteiger partial charge is 0.492 e. The molecule has 0 aliphatic heterocycles. The highest BCUT2D eigenvalue weighted by Crippen LogP contribution is 2.41. The van der Waals surface area contributed by atoms with Crippen LogP contribution in [-0.4, -0.2) is 18.1 Å². The molecule has 1 aromatic rings. The first kappa shape index (κ1) is 12.6. The van der Waals surface area contributed by atoms with Gasteiger partial charge in [0.25, 0.3) is 0 Å². The second kappa shape index (κ2) is 5.55. The van der Waals surface area contributed by atoms with Crippen LogP contribution in [0.3, 0.4) is 0 Å². The van der Waals surface area contributed by atoms with E-state index in [9.17, 15) is 10.1 Å². The molecule has 0 heterocycles. The van der Waals surface area contributed by atoms with Gasteiger partial charge < -0.3 is 9.47 Å². The fraction of sp³-hybridized carbons (Fsp3) is 0.400. The Kier molecular flexibility index (Phi) is 4.37. The van der Waals surface area contributed by atoms with Crippen LogP contribution in [0.5, 0.6) is 11.5 Å². The lowest BCUT2D eigenvalue weighted by Crippen LogP contribution is -2.00. The third-order valence-electron chi connectivity index (χ3n) is 1.83. The maximum atomic E-state index is 10.7. The highest BCUT2D eigenvalue weighted by Gasteiger charge is 2.21. The van der Waals surface area contributed by atoms with E-state index in [0.717, 1.165) is 0 Å². The van der Waals surface area contributed by atoms with E-state index in [1.165, 1.54) is 12.1 Å². The molecule has 16 heavy (non-hydrogen) atoms. The standard InChI is InChI=1S/C10H12ClNO4/c1-3-15-8-6-5-7(12(13)14)10(9(8)11)16-4-2/h5-6H,3-4H2,1-2H3. The van der Waals surface area contributed by atoms with Gasteiger partial charge >= 0.3 is 5.69 Å². The second-order valence-corrected chi connectivity index (χ2v) is 3.23. The number of nitrogens with zero attached hydrogens (tertiary/aromatic N) is 1. The first-order valence-electron chi connectivity index (χ1n) is 4.84. The lowest BCUT2D eigenvalue weighted by atomic mass is 10.2. The van der Waals surface area contributed by atoms with Crippen LogP contribution >= 0.6 is 11.6 Å². The van der Waals surface area contributed by atoms with Gasteiger partial charge in [-0.05, 0) is 19.9 Å². The zero-order chi connectivity index (χ0) is 12.1. The van der Waals surface area contributed by atoms with Gasteiger partial charge in [-0.2, -0.15) is 0 Å². The first-order valence-corrected chi connectivity index (χ1v) is 5.22. The molecule has 0 N–H and O–H groups in total. The number of halogens is 1. The summed E-state index contributed by atoms with van der Waals surface area (Å²) in [4.78, 5) is 10.2. The second-order valence-electron chi connectivity index (χ2n) is 2.85. The zero-order valence-corrected chi connectivity index (χ0v) is 9.78. The van der Waals surface area contributed by atoms with Gasteiger partial charge in [0, 0.05) is 6.07 Å². The van der Waals surface area contributed by atoms with Crippen molar-refractivity contribution in [1.29, 1.82) is 0 Å². The van der Waals surface area contributed by atoms with Crippen molar-refractivity contribution in [2.45, 2.75) is 13.8 Å². The van der Waals surface area contributed by atoms with Gasteiger partial charge in [0.05, 0.1) is 18.1 Å². The Morgan fingerprint density at radius 1 is 1.31 bits per heavy atom. The Balaban J connectivity index is 3.23. The van der Waals surface area contributed by atoms with Crippen LogP contribution in [0, 0.1) is 10.1 Å². The molecule has 0 unspecified atom stereocenters. The summed E-state index contributed by atoms with van der Waals surface area (Å²) in [5.74, 6) is 0.443. The Labute approximate surface area is 98.1 Å². The Hall–Kier alpha value is -1.49. The summed E-state index contributed by atoms with van der Waals surface area (Å²) in [6, 6.07) is 2.79. The van der Waals surface area contributed by atoms with E-state index in [-0.39, 0.29) is 16.5 Å². The smallest absolute Gasteiger partial charge is 0.312 e. The fourth-order valence-corrected chi connectivity index (χ4v) is 1.49. The van der Waals surface area contributed by atoms with Crippen LogP contribution < -0.4 is 9.47 Å². The predicted octanol–water partition coefficient (Wildman–Crippen LogP) is 3.05. The van der Waals surface area contributed by atoms with E-state index in [0.29, 0.717) is 19.0 Å². The van der Waals surface area contributed by atoms with Crippen molar-refractivity contribution in [3.63, 3.8) is 0 Å². The quantitative estimate of drug-likeness (QED) is 0.591. The zero-order valence-electron chi connectivity index (χ0n) is 9.03. The molecule has 0 spiro atoms. The van der Waals surface area contributed by atoms with Crippen molar-refractivity contribution < 1.29 is 14.4 Å². The minimum atomic E-state index is -0.535. The minimum Gasteiger partial charge on any atom is -0.492 e. The molecule has 88 valence electrons. The highest BCUT2D eigenvalue weighted by atomic mass is 35.5. The number of nitro groups is 1. The molecule has 0 aliphatic carbocycles. The number of nitro benzene ring substituents is 1. The lowest BCUT2D eigenvalue weighted by Gasteiger charge is -2.10. The van der Waals surface area contributed by atoms with Gasteiger partial charge in [-0.25, -0.2) is 0 Å². The third-order valence-corrected chi connectivity index (χ3v) is 2.18. The molecule has 0 aromatic heterocycles. The van der Waals surface area contributed by atoms with Crippen molar-refractivity contribution in [2.24, 2.45) is 0 Å². The van der Waals surface area contributed by atoms with E-state index in [1.807, 2.05) is 0 Å². The van der Waals surface area contributed by atoms with Crippen LogP contribution in [0.1, 0.15) is 13.8 Å². The average Bonchev–Trinajstić information content (AvgIpc) is 2.24. The van der Waals surface area contributed by atoms with Crippen LogP contribution in [0.4, 0.5) is 5.69 Å². The molecule has 0 radical (unpaired) electrons. The fourth-order valence-electron chi connectivity index (χ4n) is 1.22. The molecular formula is C10H12ClNO4. The van der Waals surface area contributed by atoms with E-state index in [2.05, 4.69) is 0 Å². The molecule has 0 saturated carbocycles. The number of hydrogen-bond donors (Lipinski definition) is 0. The summed E-state index contributed by atoms with van der Waals surface area (Å²) >= 11 is 5.96. The predicted molar refractivity (Wildman–Crippen MR) is 60.4 cm³/mol. The summed E-state index contributed by atoms with van der Waals surface area (Å²) in [6.45, 7) is 4.27. The SMILES string of the molecule is CCOc1ccc([N+](=O)[O-])c(OCC)c1Cl. The van der Waals surface area contributed by atoms with Gasteiger partial charge in [0.15, 0.2) is 0 Å². The maximum Gasteiger partial charge on any atom is 0.312 e. The summed E-state index contributed by atoms with van der Waals surface area (Å²) in [5, 5.41) is 10.9. The van der Waals surface area contributed by atoms with Crippen LogP contribution in [0.2, 0.25) is 5.02 Å². The molecule has 6 heteroatoms. The number of benzene rings is 1. The number of hydrogen-bond acceptors (Lipinski definition) is 4. The molecule has 0 bridgehead atoms. The molecule has 0 fully saturated rings. The molecule has 0 amide bonds. The van der Waals surface area contributed by atoms with Gasteiger partial charge in [-0.3, -0.25) is 10.1 Å². The Bertz CT molecular complexity index is 395. The van der Waals surface area contributed by atoms with Gasteiger partial charge in [0.2, 0.25) is 5.75 Å². The topological polar surface area (TPSA) is 61.6 Å². The molecule has 0 atom stereocenters. The number of ether oxygens (including phenoxy) is 2. The summed E-state index contributed by atoms with van der Waals surface area (Å²) in [5.41, 5.74) is -0.157. The highest BCUT2D eigenvalue weighted by molar-refractivity contribution is 6.33. The molecule has 1 rings (SSSR count). The van der Waals surface area contributed by atoms with Crippen LogP contribution in [0.25, 0.3) is 0 Å². The van der Waals surface area contributed by atoms with Crippen molar-refractivity contribution in [1.82, 2.24) is 0 Å². The monoisotopic (exact) mass is 245 g/mol. The summed E-state index contributed by atoms with van der Waals surface area (Å²) < 4.78 is 10.4. The van der Waals surface area contributed by atoms with E-state index < -0.39 is 4.92 Å². The number of rotatable bonds is 5. The van der Waals surface area contributed by atoms with Gasteiger partial charge in [-0.1, -0.05) is 11.6 Å².